The molecule has 0 N–H and O–H groups in total. The zero-order valence-corrected chi connectivity index (χ0v) is 19.3. The van der Waals surface area contributed by atoms with Crippen molar-refractivity contribution in [3.8, 4) is 0 Å². The van der Waals surface area contributed by atoms with Gasteiger partial charge in [-0.05, 0) is 59.5 Å². The summed E-state index contributed by atoms with van der Waals surface area (Å²) in [5.41, 5.74) is 5.63. The van der Waals surface area contributed by atoms with Gasteiger partial charge in [0.05, 0.1) is 10.2 Å². The highest BCUT2D eigenvalue weighted by Gasteiger charge is 2.11. The molecule has 5 aromatic carbocycles. The maximum atomic E-state index is 4.90. The Morgan fingerprint density at radius 1 is 0.559 bits per heavy atom. The average Bonchev–Trinajstić information content (AvgIpc) is 3.34. The first-order valence-electron chi connectivity index (χ1n) is 11.3. The van der Waals surface area contributed by atoms with Crippen molar-refractivity contribution in [2.75, 3.05) is 4.90 Å². The Kier molecular flexibility index (Phi) is 5.38. The lowest BCUT2D eigenvalue weighted by Gasteiger charge is -2.25. The standard InChI is InChI=1S/C31H22N2S/c1-3-10-25(11-4-1)33(26-12-5-2-6-13-26)27-19-15-23(16-20-27)17-22-30-32-31-28-14-8-7-9-24(28)18-21-29(31)34-30/h1-22H. The summed E-state index contributed by atoms with van der Waals surface area (Å²) >= 11 is 1.73. The van der Waals surface area contributed by atoms with E-state index in [1.165, 1.54) is 15.5 Å². The maximum absolute atomic E-state index is 4.90. The maximum Gasteiger partial charge on any atom is 0.117 e. The minimum atomic E-state index is 1.02. The lowest BCUT2D eigenvalue weighted by atomic mass is 10.1. The van der Waals surface area contributed by atoms with Gasteiger partial charge in [0.2, 0.25) is 0 Å². The molecule has 0 aliphatic carbocycles. The van der Waals surface area contributed by atoms with Crippen molar-refractivity contribution in [3.63, 3.8) is 0 Å². The van der Waals surface area contributed by atoms with E-state index in [-0.39, 0.29) is 0 Å². The fraction of sp³-hybridized carbons (Fsp3) is 0. The summed E-state index contributed by atoms with van der Waals surface area (Å²) in [5, 5.41) is 3.46. The molecule has 0 unspecified atom stereocenters. The van der Waals surface area contributed by atoms with E-state index in [0.717, 1.165) is 33.1 Å². The third-order valence-electron chi connectivity index (χ3n) is 5.90. The molecule has 0 amide bonds. The van der Waals surface area contributed by atoms with Crippen LogP contribution in [-0.4, -0.2) is 4.98 Å². The van der Waals surface area contributed by atoms with Crippen LogP contribution in [0.4, 0.5) is 17.1 Å². The average molecular weight is 455 g/mol. The van der Waals surface area contributed by atoms with Gasteiger partial charge in [0, 0.05) is 22.4 Å². The Hall–Kier alpha value is -4.21. The largest absolute Gasteiger partial charge is 0.311 e. The van der Waals surface area contributed by atoms with Crippen molar-refractivity contribution in [1.82, 2.24) is 4.98 Å². The molecule has 0 bridgehead atoms. The van der Waals surface area contributed by atoms with Crippen LogP contribution in [0.5, 0.6) is 0 Å². The Morgan fingerprint density at radius 3 is 1.88 bits per heavy atom. The molecule has 0 radical (unpaired) electrons. The molecule has 0 saturated carbocycles. The molecule has 0 saturated heterocycles. The quantitative estimate of drug-likeness (QED) is 0.258. The third-order valence-corrected chi connectivity index (χ3v) is 6.88. The van der Waals surface area contributed by atoms with Gasteiger partial charge in [-0.15, -0.1) is 11.3 Å². The molecule has 3 heteroatoms. The number of fused-ring (bicyclic) bond motifs is 3. The van der Waals surface area contributed by atoms with Gasteiger partial charge in [-0.1, -0.05) is 84.9 Å². The summed E-state index contributed by atoms with van der Waals surface area (Å²) in [4.78, 5) is 7.17. The van der Waals surface area contributed by atoms with Crippen LogP contribution in [0.3, 0.4) is 0 Å². The number of anilines is 3. The summed E-state index contributed by atoms with van der Waals surface area (Å²) in [6.45, 7) is 0. The van der Waals surface area contributed by atoms with Crippen molar-refractivity contribution in [1.29, 1.82) is 0 Å². The number of para-hydroxylation sites is 2. The molecule has 6 rings (SSSR count). The predicted octanol–water partition coefficient (Wildman–Crippen LogP) is 9.09. The van der Waals surface area contributed by atoms with E-state index in [9.17, 15) is 0 Å². The van der Waals surface area contributed by atoms with E-state index < -0.39 is 0 Å². The lowest BCUT2D eigenvalue weighted by Crippen LogP contribution is -2.09. The molecule has 0 atom stereocenters. The topological polar surface area (TPSA) is 16.1 Å². The minimum absolute atomic E-state index is 1.02. The summed E-state index contributed by atoms with van der Waals surface area (Å²) < 4.78 is 1.22. The van der Waals surface area contributed by atoms with Gasteiger partial charge < -0.3 is 4.90 Å². The first kappa shape index (κ1) is 20.4. The highest BCUT2D eigenvalue weighted by molar-refractivity contribution is 7.19. The van der Waals surface area contributed by atoms with Crippen LogP contribution in [0.15, 0.2) is 121 Å². The Balaban J connectivity index is 1.30. The van der Waals surface area contributed by atoms with Crippen molar-refractivity contribution >= 4 is 61.5 Å². The van der Waals surface area contributed by atoms with Gasteiger partial charge in [0.1, 0.15) is 5.01 Å². The van der Waals surface area contributed by atoms with Crippen LogP contribution in [0.25, 0.3) is 33.1 Å². The van der Waals surface area contributed by atoms with Crippen molar-refractivity contribution < 1.29 is 0 Å². The molecule has 1 aromatic heterocycles. The second-order valence-electron chi connectivity index (χ2n) is 8.12. The van der Waals surface area contributed by atoms with Crippen LogP contribution in [-0.2, 0) is 0 Å². The number of rotatable bonds is 5. The van der Waals surface area contributed by atoms with Crippen LogP contribution in [0.1, 0.15) is 10.6 Å². The van der Waals surface area contributed by atoms with Crippen molar-refractivity contribution in [2.24, 2.45) is 0 Å². The van der Waals surface area contributed by atoms with Gasteiger partial charge in [-0.25, -0.2) is 4.98 Å². The van der Waals surface area contributed by atoms with E-state index >= 15 is 0 Å². The van der Waals surface area contributed by atoms with Crippen molar-refractivity contribution in [3.05, 3.63) is 132 Å². The van der Waals surface area contributed by atoms with Gasteiger partial charge in [0.25, 0.3) is 0 Å². The number of thiazole rings is 1. The Labute approximate surface area is 203 Å². The first-order chi connectivity index (χ1) is 16.8. The van der Waals surface area contributed by atoms with Crippen molar-refractivity contribution in [2.45, 2.75) is 0 Å². The highest BCUT2D eigenvalue weighted by Crippen LogP contribution is 2.34. The van der Waals surface area contributed by atoms with Crippen LogP contribution >= 0.6 is 11.3 Å². The summed E-state index contributed by atoms with van der Waals surface area (Å²) in [6, 6.07) is 42.4. The number of hydrogen-bond donors (Lipinski definition) is 0. The minimum Gasteiger partial charge on any atom is -0.311 e. The summed E-state index contributed by atoms with van der Waals surface area (Å²) in [6.07, 6.45) is 4.25. The van der Waals surface area contributed by atoms with Crippen LogP contribution < -0.4 is 4.90 Å². The van der Waals surface area contributed by atoms with Gasteiger partial charge in [-0.2, -0.15) is 0 Å². The van der Waals surface area contributed by atoms with E-state index in [4.69, 9.17) is 4.98 Å². The number of aromatic nitrogens is 1. The first-order valence-corrected chi connectivity index (χ1v) is 12.1. The van der Waals surface area contributed by atoms with Gasteiger partial charge in [-0.3, -0.25) is 0 Å². The molecule has 0 aliphatic rings. The SMILES string of the molecule is C(=Cc1nc2c(ccc3ccccc32)s1)c1ccc(N(c2ccccc2)c2ccccc2)cc1. The molecule has 0 fully saturated rings. The molecule has 162 valence electrons. The summed E-state index contributed by atoms with van der Waals surface area (Å²) in [5.74, 6) is 0. The van der Waals surface area contributed by atoms with E-state index in [1.54, 1.807) is 11.3 Å². The van der Waals surface area contributed by atoms with Crippen LogP contribution in [0.2, 0.25) is 0 Å². The molecule has 2 nitrogen and oxygen atoms in total. The normalized spacial score (nSPS) is 11.4. The number of hydrogen-bond acceptors (Lipinski definition) is 3. The Bertz CT molecular complexity index is 1540. The highest BCUT2D eigenvalue weighted by atomic mass is 32.1. The van der Waals surface area contributed by atoms with E-state index in [2.05, 4.69) is 126 Å². The molecule has 6 aromatic rings. The molecular formula is C31H22N2S. The smallest absolute Gasteiger partial charge is 0.117 e. The molecule has 0 aliphatic heterocycles. The zero-order valence-electron chi connectivity index (χ0n) is 18.5. The number of benzene rings is 5. The van der Waals surface area contributed by atoms with Gasteiger partial charge >= 0.3 is 0 Å². The fourth-order valence-electron chi connectivity index (χ4n) is 4.25. The zero-order chi connectivity index (χ0) is 22.7. The van der Waals surface area contributed by atoms with E-state index in [1.807, 2.05) is 12.1 Å². The summed E-state index contributed by atoms with van der Waals surface area (Å²) in [7, 11) is 0. The Morgan fingerprint density at radius 2 is 1.18 bits per heavy atom. The van der Waals surface area contributed by atoms with Gasteiger partial charge in [0.15, 0.2) is 0 Å². The monoisotopic (exact) mass is 454 g/mol. The molecular weight excluding hydrogens is 432 g/mol. The lowest BCUT2D eigenvalue weighted by molar-refractivity contribution is 1.28. The molecule has 0 spiro atoms. The third kappa shape index (κ3) is 3.98. The number of nitrogens with zero attached hydrogens (tertiary/aromatic N) is 2. The fourth-order valence-corrected chi connectivity index (χ4v) is 5.14. The second kappa shape index (κ2) is 8.97. The van der Waals surface area contributed by atoms with Crippen LogP contribution in [0, 0.1) is 0 Å². The molecule has 34 heavy (non-hydrogen) atoms. The predicted molar refractivity (Wildman–Crippen MR) is 147 cm³/mol. The second-order valence-corrected chi connectivity index (χ2v) is 9.18. The van der Waals surface area contributed by atoms with E-state index in [0.29, 0.717) is 0 Å². The molecule has 1 heterocycles.